The maximum Gasteiger partial charge on any atom is 0.293 e. The van der Waals surface area contributed by atoms with Crippen molar-refractivity contribution in [1.29, 1.82) is 0 Å². The number of nitrogens with one attached hydrogen (secondary N) is 1. The second kappa shape index (κ2) is 7.64. The Bertz CT molecular complexity index is 851. The lowest BCUT2D eigenvalue weighted by Gasteiger charge is -2.28. The number of aromatic nitrogens is 1. The molecule has 0 atom stereocenters. The van der Waals surface area contributed by atoms with Crippen LogP contribution in [0.15, 0.2) is 23.6 Å². The molecule has 0 saturated carbocycles. The Labute approximate surface area is 162 Å². The highest BCUT2D eigenvalue weighted by atomic mass is 32.1. The van der Waals surface area contributed by atoms with Gasteiger partial charge in [-0.1, -0.05) is 20.8 Å². The Hall–Kier alpha value is -2.48. The Morgan fingerprint density at radius 3 is 2.56 bits per heavy atom. The summed E-state index contributed by atoms with van der Waals surface area (Å²) in [4.78, 5) is 30.2. The van der Waals surface area contributed by atoms with Crippen LogP contribution in [0.4, 0.5) is 16.5 Å². The number of carbonyl (C=O) groups is 1. The number of nitro groups is 1. The Morgan fingerprint density at radius 1 is 1.26 bits per heavy atom. The monoisotopic (exact) mass is 388 g/mol. The molecular formula is C19H24N4O3S. The first-order chi connectivity index (χ1) is 12.8. The number of hydrogen-bond donors (Lipinski definition) is 1. The topological polar surface area (TPSA) is 88.4 Å². The third-order valence-corrected chi connectivity index (χ3v) is 5.38. The van der Waals surface area contributed by atoms with E-state index in [9.17, 15) is 14.9 Å². The standard InChI is InChI=1S/C19H24N4O3S/c1-19(2,3)16-12-27-18(20-16)21-17(24)13-7-8-14(15(11-13)23(25)26)22-9-5-4-6-10-22/h7-8,11-12H,4-6,9-10H2,1-3H3,(H,20,21,24). The summed E-state index contributed by atoms with van der Waals surface area (Å²) in [6, 6.07) is 4.68. The first-order valence-corrected chi connectivity index (χ1v) is 9.94. The van der Waals surface area contributed by atoms with Crippen LogP contribution in [0.25, 0.3) is 0 Å². The number of nitro benzene ring substituents is 1. The molecule has 1 saturated heterocycles. The van der Waals surface area contributed by atoms with Crippen molar-refractivity contribution in [3.05, 3.63) is 45.0 Å². The predicted octanol–water partition coefficient (Wildman–Crippen LogP) is 4.59. The van der Waals surface area contributed by atoms with E-state index in [0.717, 1.165) is 38.0 Å². The van der Waals surface area contributed by atoms with Gasteiger partial charge in [-0.3, -0.25) is 20.2 Å². The van der Waals surface area contributed by atoms with Gasteiger partial charge in [0.2, 0.25) is 0 Å². The van der Waals surface area contributed by atoms with Crippen LogP contribution in [0.5, 0.6) is 0 Å². The second-order valence-corrected chi connectivity index (χ2v) is 8.61. The Balaban J connectivity index is 1.81. The molecule has 7 nitrogen and oxygen atoms in total. The number of rotatable bonds is 4. The largest absolute Gasteiger partial charge is 0.366 e. The van der Waals surface area contributed by atoms with E-state index in [4.69, 9.17) is 0 Å². The molecule has 8 heteroatoms. The Morgan fingerprint density at radius 2 is 1.96 bits per heavy atom. The molecule has 1 N–H and O–H groups in total. The van der Waals surface area contributed by atoms with E-state index < -0.39 is 10.8 Å². The van der Waals surface area contributed by atoms with E-state index in [1.807, 2.05) is 10.3 Å². The van der Waals surface area contributed by atoms with E-state index in [2.05, 4.69) is 31.1 Å². The summed E-state index contributed by atoms with van der Waals surface area (Å²) in [5.41, 5.74) is 1.61. The average Bonchev–Trinajstić information content (AvgIpc) is 3.11. The van der Waals surface area contributed by atoms with Gasteiger partial charge >= 0.3 is 0 Å². The first kappa shape index (κ1) is 19.3. The molecule has 3 rings (SSSR count). The summed E-state index contributed by atoms with van der Waals surface area (Å²) in [6.07, 6.45) is 3.20. The zero-order valence-electron chi connectivity index (χ0n) is 15.8. The van der Waals surface area contributed by atoms with Gasteiger partial charge in [0.1, 0.15) is 5.69 Å². The molecule has 1 fully saturated rings. The van der Waals surface area contributed by atoms with Gasteiger partial charge in [0.25, 0.3) is 11.6 Å². The molecule has 1 amide bonds. The normalized spacial score (nSPS) is 14.9. The number of carbonyl (C=O) groups excluding carboxylic acids is 1. The molecule has 144 valence electrons. The van der Waals surface area contributed by atoms with Gasteiger partial charge < -0.3 is 4.90 Å². The molecule has 0 bridgehead atoms. The molecule has 1 aliphatic rings. The third kappa shape index (κ3) is 4.44. The summed E-state index contributed by atoms with van der Waals surface area (Å²) in [6.45, 7) is 7.77. The molecular weight excluding hydrogens is 364 g/mol. The predicted molar refractivity (Wildman–Crippen MR) is 108 cm³/mol. The van der Waals surface area contributed by atoms with E-state index in [1.165, 1.54) is 17.4 Å². The number of thiazole rings is 1. The van der Waals surface area contributed by atoms with Crippen molar-refractivity contribution in [2.24, 2.45) is 0 Å². The third-order valence-electron chi connectivity index (χ3n) is 4.62. The minimum absolute atomic E-state index is 0.0286. The van der Waals surface area contributed by atoms with Crippen LogP contribution in [0.3, 0.4) is 0 Å². The lowest BCUT2D eigenvalue weighted by atomic mass is 9.93. The lowest BCUT2D eigenvalue weighted by Crippen LogP contribution is -2.30. The number of nitrogens with zero attached hydrogens (tertiary/aromatic N) is 3. The van der Waals surface area contributed by atoms with Crippen molar-refractivity contribution in [2.45, 2.75) is 45.4 Å². The minimum Gasteiger partial charge on any atom is -0.366 e. The van der Waals surface area contributed by atoms with Crippen LogP contribution in [-0.2, 0) is 5.41 Å². The van der Waals surface area contributed by atoms with Crippen LogP contribution in [-0.4, -0.2) is 28.9 Å². The van der Waals surface area contributed by atoms with Crippen LogP contribution >= 0.6 is 11.3 Å². The van der Waals surface area contributed by atoms with Gasteiger partial charge in [0.15, 0.2) is 5.13 Å². The Kier molecular flexibility index (Phi) is 5.46. The molecule has 0 radical (unpaired) electrons. The van der Waals surface area contributed by atoms with Crippen molar-refractivity contribution >= 4 is 33.8 Å². The number of piperidine rings is 1. The highest BCUT2D eigenvalue weighted by Crippen LogP contribution is 2.32. The SMILES string of the molecule is CC(C)(C)c1csc(NC(=O)c2ccc(N3CCCCC3)c([N+](=O)[O-])c2)n1. The van der Waals surface area contributed by atoms with Crippen molar-refractivity contribution in [3.63, 3.8) is 0 Å². The summed E-state index contributed by atoms with van der Waals surface area (Å²) in [5, 5.41) is 16.7. The quantitative estimate of drug-likeness (QED) is 0.611. The van der Waals surface area contributed by atoms with Crippen LogP contribution in [0, 0.1) is 10.1 Å². The molecule has 2 heterocycles. The van der Waals surface area contributed by atoms with Gasteiger partial charge in [0, 0.05) is 35.5 Å². The van der Waals surface area contributed by atoms with Gasteiger partial charge in [-0.2, -0.15) is 0 Å². The van der Waals surface area contributed by atoms with Gasteiger partial charge in [0.05, 0.1) is 10.6 Å². The smallest absolute Gasteiger partial charge is 0.293 e. The molecule has 1 aliphatic heterocycles. The highest BCUT2D eigenvalue weighted by molar-refractivity contribution is 7.14. The van der Waals surface area contributed by atoms with Crippen molar-refractivity contribution in [2.75, 3.05) is 23.3 Å². The summed E-state index contributed by atoms with van der Waals surface area (Å²) >= 11 is 1.35. The zero-order chi connectivity index (χ0) is 19.6. The van der Waals surface area contributed by atoms with E-state index in [1.54, 1.807) is 12.1 Å². The summed E-state index contributed by atoms with van der Waals surface area (Å²) in [5.74, 6) is -0.391. The number of hydrogen-bond acceptors (Lipinski definition) is 6. The molecule has 0 aliphatic carbocycles. The molecule has 1 aromatic carbocycles. The minimum atomic E-state index is -0.415. The fraction of sp³-hybridized carbons (Fsp3) is 0.474. The molecule has 2 aromatic rings. The van der Waals surface area contributed by atoms with Crippen molar-refractivity contribution < 1.29 is 9.72 Å². The molecule has 1 aromatic heterocycles. The second-order valence-electron chi connectivity index (χ2n) is 7.75. The van der Waals surface area contributed by atoms with E-state index in [-0.39, 0.29) is 16.7 Å². The summed E-state index contributed by atoms with van der Waals surface area (Å²) < 4.78 is 0. The molecule has 0 unspecified atom stereocenters. The van der Waals surface area contributed by atoms with E-state index >= 15 is 0 Å². The highest BCUT2D eigenvalue weighted by Gasteiger charge is 2.24. The van der Waals surface area contributed by atoms with Crippen molar-refractivity contribution in [1.82, 2.24) is 4.98 Å². The van der Waals surface area contributed by atoms with Gasteiger partial charge in [-0.15, -0.1) is 11.3 Å². The number of benzene rings is 1. The van der Waals surface area contributed by atoms with Gasteiger partial charge in [-0.25, -0.2) is 4.98 Å². The summed E-state index contributed by atoms with van der Waals surface area (Å²) in [7, 11) is 0. The van der Waals surface area contributed by atoms with Crippen LogP contribution < -0.4 is 10.2 Å². The van der Waals surface area contributed by atoms with Gasteiger partial charge in [-0.05, 0) is 31.4 Å². The van der Waals surface area contributed by atoms with Crippen LogP contribution in [0.1, 0.15) is 56.1 Å². The van der Waals surface area contributed by atoms with E-state index in [0.29, 0.717) is 10.8 Å². The molecule has 27 heavy (non-hydrogen) atoms. The molecule has 0 spiro atoms. The maximum absolute atomic E-state index is 12.6. The first-order valence-electron chi connectivity index (χ1n) is 9.06. The van der Waals surface area contributed by atoms with Crippen molar-refractivity contribution in [3.8, 4) is 0 Å². The number of amides is 1. The van der Waals surface area contributed by atoms with Crippen LogP contribution in [0.2, 0.25) is 0 Å². The average molecular weight is 388 g/mol. The number of anilines is 2. The fourth-order valence-electron chi connectivity index (χ4n) is 3.06. The zero-order valence-corrected chi connectivity index (χ0v) is 16.6. The fourth-order valence-corrected chi connectivity index (χ4v) is 3.99. The maximum atomic E-state index is 12.6. The lowest BCUT2D eigenvalue weighted by molar-refractivity contribution is -0.384.